The van der Waals surface area contributed by atoms with E-state index in [1.54, 1.807) is 0 Å². The second-order valence-corrected chi connectivity index (χ2v) is 6.31. The van der Waals surface area contributed by atoms with Gasteiger partial charge in [0.25, 0.3) is 10.0 Å². The Bertz CT molecular complexity index is 765. The molecule has 0 radical (unpaired) electrons. The molecule has 0 atom stereocenters. The Kier molecular flexibility index (Phi) is 4.08. The summed E-state index contributed by atoms with van der Waals surface area (Å²) in [5.74, 6) is -1.01. The van der Waals surface area contributed by atoms with Crippen LogP contribution in [0.3, 0.4) is 0 Å². The Morgan fingerprint density at radius 3 is 2.35 bits per heavy atom. The summed E-state index contributed by atoms with van der Waals surface area (Å²) in [5, 5.41) is 9.38. The first-order valence-corrected chi connectivity index (χ1v) is 7.50. The second kappa shape index (κ2) is 5.47. The van der Waals surface area contributed by atoms with Gasteiger partial charge >= 0.3 is 0 Å². The maximum atomic E-state index is 13.1. The van der Waals surface area contributed by atoms with Gasteiger partial charge in [-0.05, 0) is 30.3 Å². The number of phenolic OH excluding ortho intramolecular Hbond substituents is 1. The molecular weight excluding hydrogens is 328 g/mol. The maximum Gasteiger partial charge on any atom is 0.263 e. The average Bonchev–Trinajstić information content (AvgIpc) is 2.36. The van der Waals surface area contributed by atoms with Crippen molar-refractivity contribution in [3.8, 4) is 5.75 Å². The Balaban J connectivity index is 2.40. The lowest BCUT2D eigenvalue weighted by atomic mass is 10.3. The topological polar surface area (TPSA) is 66.4 Å². The van der Waals surface area contributed by atoms with Crippen molar-refractivity contribution >= 4 is 38.9 Å². The van der Waals surface area contributed by atoms with Gasteiger partial charge < -0.3 is 5.11 Å². The summed E-state index contributed by atoms with van der Waals surface area (Å²) in [5.41, 5.74) is 0.0761. The molecule has 0 bridgehead atoms. The van der Waals surface area contributed by atoms with Gasteiger partial charge in [-0.2, -0.15) is 0 Å². The summed E-state index contributed by atoms with van der Waals surface area (Å²) >= 11 is 11.4. The number of benzene rings is 2. The second-order valence-electron chi connectivity index (χ2n) is 3.85. The van der Waals surface area contributed by atoms with E-state index in [4.69, 9.17) is 23.2 Å². The SMILES string of the molecule is O=S(=O)(Nc1ccc(Cl)c(O)c1)c1cc(F)ccc1Cl. The first-order valence-electron chi connectivity index (χ1n) is 5.26. The molecule has 0 aromatic heterocycles. The Labute approximate surface area is 124 Å². The predicted octanol–water partition coefficient (Wildman–Crippen LogP) is 3.64. The van der Waals surface area contributed by atoms with Gasteiger partial charge in [-0.15, -0.1) is 0 Å². The van der Waals surface area contributed by atoms with E-state index in [1.807, 2.05) is 0 Å². The van der Waals surface area contributed by atoms with E-state index in [0.29, 0.717) is 0 Å². The maximum absolute atomic E-state index is 13.1. The zero-order valence-electron chi connectivity index (χ0n) is 9.77. The van der Waals surface area contributed by atoms with E-state index in [1.165, 1.54) is 12.1 Å². The molecule has 2 N–H and O–H groups in total. The van der Waals surface area contributed by atoms with E-state index in [2.05, 4.69) is 4.72 Å². The minimum atomic E-state index is -4.07. The standard InChI is InChI=1S/C12H8Cl2FNO3S/c13-9-4-2-8(6-11(9)17)16-20(18,19)12-5-7(15)1-3-10(12)14/h1-6,16-17H. The van der Waals surface area contributed by atoms with Crippen LogP contribution in [0.25, 0.3) is 0 Å². The summed E-state index contributed by atoms with van der Waals surface area (Å²) in [6.07, 6.45) is 0. The molecule has 0 aliphatic carbocycles. The molecule has 106 valence electrons. The molecule has 0 aliphatic rings. The van der Waals surface area contributed by atoms with Gasteiger partial charge in [0.15, 0.2) is 0 Å². The van der Waals surface area contributed by atoms with Crippen molar-refractivity contribution in [3.05, 3.63) is 52.3 Å². The molecule has 2 aromatic carbocycles. The summed E-state index contributed by atoms with van der Waals surface area (Å²) in [7, 11) is -4.07. The van der Waals surface area contributed by atoms with Crippen molar-refractivity contribution in [1.82, 2.24) is 0 Å². The monoisotopic (exact) mass is 335 g/mol. The lowest BCUT2D eigenvalue weighted by molar-refractivity contribution is 0.476. The molecule has 0 amide bonds. The van der Waals surface area contributed by atoms with E-state index in [-0.39, 0.29) is 21.5 Å². The van der Waals surface area contributed by atoms with Crippen LogP contribution in [-0.4, -0.2) is 13.5 Å². The molecule has 8 heteroatoms. The first kappa shape index (κ1) is 14.9. The fourth-order valence-electron chi connectivity index (χ4n) is 1.47. The van der Waals surface area contributed by atoms with Crippen LogP contribution in [0.1, 0.15) is 0 Å². The lowest BCUT2D eigenvalue weighted by Gasteiger charge is -2.10. The summed E-state index contributed by atoms with van der Waals surface area (Å²) < 4.78 is 39.5. The highest BCUT2D eigenvalue weighted by molar-refractivity contribution is 7.92. The lowest BCUT2D eigenvalue weighted by Crippen LogP contribution is -2.13. The molecule has 20 heavy (non-hydrogen) atoms. The highest BCUT2D eigenvalue weighted by atomic mass is 35.5. The molecule has 0 saturated carbocycles. The van der Waals surface area contributed by atoms with Crippen LogP contribution in [0.5, 0.6) is 5.75 Å². The van der Waals surface area contributed by atoms with Crippen LogP contribution < -0.4 is 4.72 Å². The minimum Gasteiger partial charge on any atom is -0.506 e. The number of rotatable bonds is 3. The number of aromatic hydroxyl groups is 1. The van der Waals surface area contributed by atoms with E-state index in [0.717, 1.165) is 24.3 Å². The first-order chi connectivity index (χ1) is 9.29. The fourth-order valence-corrected chi connectivity index (χ4v) is 3.15. The van der Waals surface area contributed by atoms with Gasteiger partial charge in [0, 0.05) is 6.07 Å². The van der Waals surface area contributed by atoms with Gasteiger partial charge in [0.05, 0.1) is 15.7 Å². The molecule has 0 spiro atoms. The third-order valence-electron chi connectivity index (χ3n) is 2.38. The number of nitrogens with one attached hydrogen (secondary N) is 1. The summed E-state index contributed by atoms with van der Waals surface area (Å²) in [4.78, 5) is -0.395. The molecular formula is C12H8Cl2FNO3S. The third kappa shape index (κ3) is 3.15. The van der Waals surface area contributed by atoms with Crippen LogP contribution in [0.2, 0.25) is 10.0 Å². The van der Waals surface area contributed by atoms with Crippen molar-refractivity contribution in [2.75, 3.05) is 4.72 Å². The number of anilines is 1. The molecule has 2 rings (SSSR count). The quantitative estimate of drug-likeness (QED) is 0.899. The van der Waals surface area contributed by atoms with Crippen molar-refractivity contribution in [1.29, 1.82) is 0 Å². The molecule has 0 unspecified atom stereocenters. The van der Waals surface area contributed by atoms with Gasteiger partial charge in [-0.25, -0.2) is 12.8 Å². The molecule has 0 aliphatic heterocycles. The normalized spacial score (nSPS) is 11.3. The molecule has 0 fully saturated rings. The molecule has 2 aromatic rings. The highest BCUT2D eigenvalue weighted by Gasteiger charge is 2.19. The number of sulfonamides is 1. The van der Waals surface area contributed by atoms with Crippen LogP contribution in [0.15, 0.2) is 41.3 Å². The van der Waals surface area contributed by atoms with Crippen molar-refractivity contribution in [2.45, 2.75) is 4.90 Å². The number of phenols is 1. The predicted molar refractivity (Wildman–Crippen MR) is 75.3 cm³/mol. The highest BCUT2D eigenvalue weighted by Crippen LogP contribution is 2.29. The smallest absolute Gasteiger partial charge is 0.263 e. The van der Waals surface area contributed by atoms with Gasteiger partial charge in [-0.1, -0.05) is 23.2 Å². The average molecular weight is 336 g/mol. The number of halogens is 3. The fraction of sp³-hybridized carbons (Fsp3) is 0. The summed E-state index contributed by atoms with van der Waals surface area (Å²) in [6, 6.07) is 6.81. The van der Waals surface area contributed by atoms with E-state index < -0.39 is 20.7 Å². The van der Waals surface area contributed by atoms with E-state index in [9.17, 15) is 17.9 Å². The zero-order chi connectivity index (χ0) is 14.9. The van der Waals surface area contributed by atoms with Crippen molar-refractivity contribution in [3.63, 3.8) is 0 Å². The van der Waals surface area contributed by atoms with Crippen LogP contribution in [0, 0.1) is 5.82 Å². The molecule has 4 nitrogen and oxygen atoms in total. The Morgan fingerprint density at radius 1 is 1.05 bits per heavy atom. The molecule has 0 heterocycles. The van der Waals surface area contributed by atoms with Gasteiger partial charge in [0.1, 0.15) is 16.5 Å². The number of hydrogen-bond acceptors (Lipinski definition) is 3. The Hall–Kier alpha value is -1.50. The Morgan fingerprint density at radius 2 is 1.70 bits per heavy atom. The number of hydrogen-bond donors (Lipinski definition) is 2. The third-order valence-corrected chi connectivity index (χ3v) is 4.56. The molecule has 0 saturated heterocycles. The van der Waals surface area contributed by atoms with Crippen LogP contribution in [-0.2, 0) is 10.0 Å². The minimum absolute atomic E-state index is 0.0761. The van der Waals surface area contributed by atoms with Gasteiger partial charge in [0.2, 0.25) is 0 Å². The van der Waals surface area contributed by atoms with Crippen LogP contribution in [0.4, 0.5) is 10.1 Å². The largest absolute Gasteiger partial charge is 0.506 e. The van der Waals surface area contributed by atoms with Crippen molar-refractivity contribution in [2.24, 2.45) is 0 Å². The van der Waals surface area contributed by atoms with Crippen LogP contribution >= 0.6 is 23.2 Å². The zero-order valence-corrected chi connectivity index (χ0v) is 12.1. The van der Waals surface area contributed by atoms with Crippen molar-refractivity contribution < 1.29 is 17.9 Å². The van der Waals surface area contributed by atoms with Gasteiger partial charge in [-0.3, -0.25) is 4.72 Å². The van der Waals surface area contributed by atoms with E-state index >= 15 is 0 Å². The summed E-state index contributed by atoms with van der Waals surface area (Å²) in [6.45, 7) is 0.